The Morgan fingerprint density at radius 3 is 0.590 bits per heavy atom. The summed E-state index contributed by atoms with van der Waals surface area (Å²) in [6, 6.07) is 11.1. The normalized spacial score (nSPS) is 16.2. The van der Waals surface area contributed by atoms with E-state index in [0.717, 1.165) is 3.61 Å². The van der Waals surface area contributed by atoms with Gasteiger partial charge in [0.2, 0.25) is 0 Å². The molecule has 0 atom stereocenters. The summed E-state index contributed by atoms with van der Waals surface area (Å²) in [6.45, 7) is 111. The van der Waals surface area contributed by atoms with Gasteiger partial charge in [0, 0.05) is 0 Å². The summed E-state index contributed by atoms with van der Waals surface area (Å²) in [5.74, 6) is 0. The third-order valence-electron chi connectivity index (χ3n) is 18.5. The van der Waals surface area contributed by atoms with Crippen molar-refractivity contribution in [2.45, 2.75) is 304 Å². The summed E-state index contributed by atoms with van der Waals surface area (Å²) in [6.07, 6.45) is 0. The Bertz CT molecular complexity index is 2190. The van der Waals surface area contributed by atoms with Crippen molar-refractivity contribution < 1.29 is 5.78 Å². The molecule has 0 saturated carbocycles. The molecule has 18 heteroatoms. The van der Waals surface area contributed by atoms with Gasteiger partial charge in [-0.05, 0) is 0 Å². The van der Waals surface area contributed by atoms with Gasteiger partial charge in [-0.25, -0.2) is 0 Å². The van der Waals surface area contributed by atoms with E-state index in [2.05, 4.69) is 299 Å². The van der Waals surface area contributed by atoms with Crippen LogP contribution in [0.25, 0.3) is 0 Å². The Balaban J connectivity index is 4.19. The van der Waals surface area contributed by atoms with E-state index in [9.17, 15) is 0 Å². The van der Waals surface area contributed by atoms with E-state index < -0.39 is 146 Å². The second-order valence-electron chi connectivity index (χ2n) is 40.1. The van der Waals surface area contributed by atoms with Crippen LogP contribution in [0.2, 0.25) is 275 Å². The SMILES string of the molecule is C[Si](C)(C)C(c1cc(C([Si](C)(C)C)([Si](C)(C)C)[Si](C)(C)C)cc(C([Si](C)(C)C)[Si](C)(C)C)c1[Te][Te](F)(F)c1c(C([Si](C)(C)C)[Si](C)(C)C)cc(C([Si](C)(C)C)([Si](C)(C)C)[Si](C)(C)C)cc1C([Si](C)(C)C)[Si](C)(C)C)[Si](C)(C)C. The average molecular weight is 1540 g/mol. The fourth-order valence-electron chi connectivity index (χ4n) is 21.4. The quantitative estimate of drug-likeness (QED) is 0.0973. The average Bonchev–Trinajstić information content (AvgIpc) is 3.00. The second-order valence-corrected chi connectivity index (χ2v) is 136. The summed E-state index contributed by atoms with van der Waals surface area (Å²) in [5.41, 5.74) is 8.68. The van der Waals surface area contributed by atoms with Crippen molar-refractivity contribution in [2.75, 3.05) is 0 Å². The van der Waals surface area contributed by atoms with Crippen molar-refractivity contribution in [1.82, 2.24) is 0 Å². The summed E-state index contributed by atoms with van der Waals surface area (Å²) in [5, 5.41) is 1.29. The molecule has 2 aromatic rings. The van der Waals surface area contributed by atoms with E-state index in [1.165, 1.54) is 25.9 Å². The van der Waals surface area contributed by atoms with Crippen LogP contribution in [-0.4, -0.2) is 146 Å². The van der Waals surface area contributed by atoms with Gasteiger partial charge in [0.15, 0.2) is 0 Å². The first-order valence-electron chi connectivity index (χ1n) is 30.7. The molecule has 0 bridgehead atoms. The molecule has 0 aliphatic carbocycles. The molecule has 0 saturated heterocycles. The number of halogens is 2. The van der Waals surface area contributed by atoms with Crippen LogP contribution in [0, 0.1) is 0 Å². The number of rotatable bonds is 23. The van der Waals surface area contributed by atoms with Gasteiger partial charge < -0.3 is 0 Å². The summed E-state index contributed by atoms with van der Waals surface area (Å²) in [7, 11) is -28.4. The fourth-order valence-corrected chi connectivity index (χ4v) is 153. The molecule has 2 aromatic carbocycles. The number of hydrogen-bond donors (Lipinski definition) is 0. The van der Waals surface area contributed by atoms with Crippen LogP contribution < -0.4 is 7.22 Å². The van der Waals surface area contributed by atoms with Crippen molar-refractivity contribution >= 4 is 153 Å². The molecular formula is C60H134F2Si14Te2. The Labute approximate surface area is 514 Å². The zero-order chi connectivity index (χ0) is 63.0. The molecule has 0 nitrogen and oxygen atoms in total. The topological polar surface area (TPSA) is 0 Å². The van der Waals surface area contributed by atoms with Crippen LogP contribution in [0.1, 0.15) is 54.0 Å². The standard InChI is InChI=1S/C60H134F2Si14Te2/c1-63(2,3)55(64(4,5)6)49-43-47(59(71(25,26)27,72(28,29)30)73(31,32)33)44-50(56(65(7,8)9)66(10,11)12)53(49)77-78(61,62)54-51(57(67(13,14)15)68(16,17)18)45-48(46-52(54)58(69(19,20)21)70(22,23)24)60(74(34,35)36,75(37,38)39)76(40,41)42/h43-46,55-58H,1-42H3. The molecule has 0 aliphatic heterocycles. The number of hydrogen-bond acceptors (Lipinski definition) is 0. The molecule has 0 aromatic heterocycles. The van der Waals surface area contributed by atoms with Crippen LogP contribution in [0.5, 0.6) is 0 Å². The van der Waals surface area contributed by atoms with Crippen LogP contribution in [0.4, 0.5) is 5.78 Å². The van der Waals surface area contributed by atoms with E-state index in [-0.39, 0.29) is 18.9 Å². The third kappa shape index (κ3) is 15.5. The molecule has 0 N–H and O–H groups in total. The molecule has 0 heterocycles. The van der Waals surface area contributed by atoms with Gasteiger partial charge in [0.1, 0.15) is 0 Å². The predicted molar refractivity (Wildman–Crippen MR) is 407 cm³/mol. The molecule has 456 valence electrons. The van der Waals surface area contributed by atoms with Gasteiger partial charge in [-0.1, -0.05) is 0 Å². The Kier molecular flexibility index (Phi) is 23.1. The van der Waals surface area contributed by atoms with Gasteiger partial charge in [0.25, 0.3) is 0 Å². The van der Waals surface area contributed by atoms with Crippen molar-refractivity contribution in [3.05, 3.63) is 57.6 Å². The Morgan fingerprint density at radius 1 is 0.282 bits per heavy atom. The Hall–Kier alpha value is 2.92. The first-order valence-corrected chi connectivity index (χ1v) is 91.7. The second kappa shape index (κ2) is 23.4. The molecule has 0 unspecified atom stereocenters. The molecule has 0 spiro atoms. The summed E-state index contributed by atoms with van der Waals surface area (Å²) < 4.78 is 44.6. The fraction of sp³-hybridized carbons (Fsp3) is 0.800. The van der Waals surface area contributed by atoms with Crippen LogP contribution in [-0.2, 0) is 8.57 Å². The zero-order valence-corrected chi connectivity index (χ0v) is 78.9. The Morgan fingerprint density at radius 2 is 0.436 bits per heavy atom. The van der Waals surface area contributed by atoms with Crippen molar-refractivity contribution in [1.29, 1.82) is 0 Å². The minimum atomic E-state index is -6.15. The molecule has 0 radical (unpaired) electrons. The van der Waals surface area contributed by atoms with Crippen molar-refractivity contribution in [2.24, 2.45) is 0 Å². The van der Waals surface area contributed by atoms with Gasteiger partial charge in [-0.2, -0.15) is 0 Å². The summed E-state index contributed by atoms with van der Waals surface area (Å²) >= 11 is -8.17. The van der Waals surface area contributed by atoms with Crippen LogP contribution >= 0.6 is 0 Å². The monoisotopic (exact) mass is 1540 g/mol. The predicted octanol–water partition coefficient (Wildman–Crippen LogP) is 20.9. The molecule has 2 rings (SSSR count). The molecule has 0 aliphatic rings. The molecule has 0 amide bonds. The van der Waals surface area contributed by atoms with Gasteiger partial charge >= 0.3 is 520 Å². The first-order chi connectivity index (χ1) is 33.4. The zero-order valence-electron chi connectivity index (χ0n) is 60.2. The van der Waals surface area contributed by atoms with E-state index in [0.29, 0.717) is 10.3 Å². The third-order valence-corrected chi connectivity index (χ3v) is 113. The maximum atomic E-state index is 21.1. The van der Waals surface area contributed by atoms with E-state index in [1.807, 2.05) is 0 Å². The van der Waals surface area contributed by atoms with Crippen molar-refractivity contribution in [3.8, 4) is 0 Å². The minimum absolute atomic E-state index is 0.0940. The summed E-state index contributed by atoms with van der Waals surface area (Å²) in [4.78, 5) is 0. The molecule has 78 heavy (non-hydrogen) atoms. The van der Waals surface area contributed by atoms with Gasteiger partial charge in [-0.3, -0.25) is 0 Å². The maximum absolute atomic E-state index is 21.1. The van der Waals surface area contributed by atoms with E-state index in [1.54, 1.807) is 11.1 Å². The number of benzene rings is 2. The van der Waals surface area contributed by atoms with Crippen LogP contribution in [0.15, 0.2) is 24.3 Å². The first kappa shape index (κ1) is 77.0. The molecular weight excluding hydrogens is 1410 g/mol. The van der Waals surface area contributed by atoms with Gasteiger partial charge in [-0.15, -0.1) is 0 Å². The van der Waals surface area contributed by atoms with E-state index >= 15 is 5.78 Å². The van der Waals surface area contributed by atoms with Crippen LogP contribution in [0.3, 0.4) is 0 Å². The molecule has 0 fully saturated rings. The van der Waals surface area contributed by atoms with E-state index in [4.69, 9.17) is 0 Å². The van der Waals surface area contributed by atoms with Gasteiger partial charge in [0.05, 0.1) is 0 Å². The van der Waals surface area contributed by atoms with Crippen molar-refractivity contribution in [3.63, 3.8) is 0 Å².